The third-order valence-corrected chi connectivity index (χ3v) is 3.85. The average Bonchev–Trinajstić information content (AvgIpc) is 2.39. The van der Waals surface area contributed by atoms with Crippen LogP contribution in [0.5, 0.6) is 0 Å². The molecule has 0 unspecified atom stereocenters. The molecule has 0 spiro atoms. The smallest absolute Gasteiger partial charge is 0.361 e. The molecule has 0 aliphatic carbocycles. The highest BCUT2D eigenvalue weighted by atomic mass is 16.5. The zero-order valence-corrected chi connectivity index (χ0v) is 12.6. The van der Waals surface area contributed by atoms with Gasteiger partial charge in [-0.1, -0.05) is 13.8 Å². The van der Waals surface area contributed by atoms with E-state index >= 15 is 0 Å². The van der Waals surface area contributed by atoms with Crippen molar-refractivity contribution in [3.63, 3.8) is 0 Å². The number of rotatable bonds is 8. The van der Waals surface area contributed by atoms with Gasteiger partial charge in [-0.25, -0.2) is 4.79 Å². The van der Waals surface area contributed by atoms with Crippen molar-refractivity contribution in [2.45, 2.75) is 32.7 Å². The summed E-state index contributed by atoms with van der Waals surface area (Å²) in [5, 5.41) is 3.39. The minimum Gasteiger partial charge on any atom is -0.460 e. The maximum atomic E-state index is 11.8. The van der Waals surface area contributed by atoms with Crippen LogP contribution >= 0.6 is 0 Å². The van der Waals surface area contributed by atoms with E-state index in [-0.39, 0.29) is 5.97 Å². The number of quaternary nitrogens is 1. The Morgan fingerprint density at radius 2 is 1.95 bits per heavy atom. The normalized spacial score (nSPS) is 18.5. The number of nitrogens with zero attached hydrogens (tertiary/aromatic N) is 1. The Hall–Kier alpha value is -0.650. The minimum absolute atomic E-state index is 0.101. The Labute approximate surface area is 116 Å². The first-order valence-electron chi connectivity index (χ1n) is 7.40. The number of morpholine rings is 1. The summed E-state index contributed by atoms with van der Waals surface area (Å²) in [4.78, 5) is 11.8. The number of carbonyl (C=O) groups excluding carboxylic acids is 1. The molecule has 1 heterocycles. The number of hydrogen-bond acceptors (Lipinski definition) is 4. The highest BCUT2D eigenvalue weighted by molar-refractivity contribution is 5.70. The molecule has 1 rings (SSSR count). The molecule has 19 heavy (non-hydrogen) atoms. The highest BCUT2D eigenvalue weighted by Crippen LogP contribution is 2.07. The van der Waals surface area contributed by atoms with Gasteiger partial charge in [0.15, 0.2) is 6.54 Å². The molecule has 5 nitrogen and oxygen atoms in total. The fraction of sp³-hybridized carbons (Fsp3) is 0.929. The summed E-state index contributed by atoms with van der Waals surface area (Å²) < 4.78 is 11.3. The molecule has 112 valence electrons. The Balaban J connectivity index is 2.13. The molecule has 5 heteroatoms. The topological polar surface area (TPSA) is 47.6 Å². The molecule has 0 aromatic rings. The van der Waals surface area contributed by atoms with Crippen LogP contribution in [0, 0.1) is 0 Å². The van der Waals surface area contributed by atoms with Gasteiger partial charge < -0.3 is 19.3 Å². The number of hydrogen-bond donors (Lipinski definition) is 1. The highest BCUT2D eigenvalue weighted by Gasteiger charge is 2.28. The maximum Gasteiger partial charge on any atom is 0.361 e. The van der Waals surface area contributed by atoms with E-state index in [1.807, 2.05) is 0 Å². The van der Waals surface area contributed by atoms with E-state index in [1.165, 1.54) is 0 Å². The van der Waals surface area contributed by atoms with Crippen LogP contribution in [0.3, 0.4) is 0 Å². The fourth-order valence-corrected chi connectivity index (χ4v) is 2.30. The number of esters is 1. The summed E-state index contributed by atoms with van der Waals surface area (Å²) >= 11 is 0. The van der Waals surface area contributed by atoms with Gasteiger partial charge in [0.05, 0.1) is 20.3 Å². The van der Waals surface area contributed by atoms with Gasteiger partial charge in [0, 0.05) is 12.6 Å². The molecule has 0 aromatic carbocycles. The van der Waals surface area contributed by atoms with Gasteiger partial charge in [-0.05, 0) is 12.8 Å². The van der Waals surface area contributed by atoms with Crippen LogP contribution in [0.2, 0.25) is 0 Å². The third-order valence-electron chi connectivity index (χ3n) is 3.85. The molecular formula is C14H29N2O3+. The molecule has 1 aliphatic heterocycles. The summed E-state index contributed by atoms with van der Waals surface area (Å²) in [6.45, 7) is 9.24. The zero-order valence-electron chi connectivity index (χ0n) is 12.6. The van der Waals surface area contributed by atoms with Crippen molar-refractivity contribution in [1.29, 1.82) is 0 Å². The van der Waals surface area contributed by atoms with Crippen LogP contribution in [-0.4, -0.2) is 69.5 Å². The second-order valence-electron chi connectivity index (χ2n) is 5.53. The van der Waals surface area contributed by atoms with Crippen molar-refractivity contribution in [3.8, 4) is 0 Å². The van der Waals surface area contributed by atoms with E-state index in [2.05, 4.69) is 26.2 Å². The van der Waals surface area contributed by atoms with E-state index in [4.69, 9.17) is 9.47 Å². The molecule has 0 atom stereocenters. The average molecular weight is 273 g/mol. The second kappa shape index (κ2) is 8.51. The van der Waals surface area contributed by atoms with Crippen LogP contribution in [-0.2, 0) is 14.3 Å². The van der Waals surface area contributed by atoms with Gasteiger partial charge in [-0.15, -0.1) is 0 Å². The number of likely N-dealkylation sites (N-methyl/N-ethyl adjacent to an activating group) is 1. The van der Waals surface area contributed by atoms with Crippen molar-refractivity contribution < 1.29 is 18.8 Å². The van der Waals surface area contributed by atoms with Crippen LogP contribution < -0.4 is 5.32 Å². The third kappa shape index (κ3) is 6.36. The predicted octanol–water partition coefficient (Wildman–Crippen LogP) is 0.785. The Bertz CT molecular complexity index is 261. The van der Waals surface area contributed by atoms with Crippen LogP contribution in [0.4, 0.5) is 0 Å². The summed E-state index contributed by atoms with van der Waals surface area (Å²) in [7, 11) is 2.09. The molecule has 0 amide bonds. The molecule has 1 aliphatic rings. The first-order chi connectivity index (χ1) is 9.09. The van der Waals surface area contributed by atoms with E-state index in [9.17, 15) is 4.79 Å². The summed E-state index contributed by atoms with van der Waals surface area (Å²) in [5.74, 6) is -0.101. The van der Waals surface area contributed by atoms with Gasteiger partial charge in [-0.3, -0.25) is 0 Å². The second-order valence-corrected chi connectivity index (χ2v) is 5.53. The summed E-state index contributed by atoms with van der Waals surface area (Å²) in [6.07, 6.45) is 2.22. The van der Waals surface area contributed by atoms with Crippen LogP contribution in [0.25, 0.3) is 0 Å². The van der Waals surface area contributed by atoms with Gasteiger partial charge in [0.25, 0.3) is 0 Å². The molecule has 1 saturated heterocycles. The standard InChI is InChI=1S/C14H29N2O3/c1-4-13(5-2)15-6-9-19-14(17)12-16(3)7-10-18-11-8-16/h13,15H,4-12H2,1-3H3/q+1. The van der Waals surface area contributed by atoms with Gasteiger partial charge in [0.1, 0.15) is 19.7 Å². The lowest BCUT2D eigenvalue weighted by molar-refractivity contribution is -0.910. The van der Waals surface area contributed by atoms with E-state index in [0.717, 1.165) is 50.2 Å². The molecule has 1 fully saturated rings. The number of nitrogens with one attached hydrogen (secondary N) is 1. The molecule has 0 aromatic heterocycles. The molecule has 0 bridgehead atoms. The van der Waals surface area contributed by atoms with Crippen LogP contribution in [0.1, 0.15) is 26.7 Å². The molecule has 0 radical (unpaired) electrons. The van der Waals surface area contributed by atoms with Crippen LogP contribution in [0.15, 0.2) is 0 Å². The lowest BCUT2D eigenvalue weighted by atomic mass is 10.2. The van der Waals surface area contributed by atoms with E-state index in [0.29, 0.717) is 19.2 Å². The van der Waals surface area contributed by atoms with Crippen molar-refractivity contribution in [3.05, 3.63) is 0 Å². The lowest BCUT2D eigenvalue weighted by Crippen LogP contribution is -2.54. The minimum atomic E-state index is -0.101. The molecule has 0 saturated carbocycles. The monoisotopic (exact) mass is 273 g/mol. The first kappa shape index (κ1) is 16.4. The summed E-state index contributed by atoms with van der Waals surface area (Å²) in [5.41, 5.74) is 0. The molecular weight excluding hydrogens is 244 g/mol. The number of ether oxygens (including phenoxy) is 2. The SMILES string of the molecule is CCC(CC)NCCOC(=O)C[N+]1(C)CCOCC1. The molecule has 1 N–H and O–H groups in total. The Morgan fingerprint density at radius 1 is 1.32 bits per heavy atom. The number of carbonyl (C=O) groups is 1. The quantitative estimate of drug-likeness (QED) is 0.403. The largest absolute Gasteiger partial charge is 0.460 e. The zero-order chi connectivity index (χ0) is 14.1. The lowest BCUT2D eigenvalue weighted by Gasteiger charge is -2.36. The van der Waals surface area contributed by atoms with Gasteiger partial charge in [0.2, 0.25) is 0 Å². The fourth-order valence-electron chi connectivity index (χ4n) is 2.30. The van der Waals surface area contributed by atoms with Crippen molar-refractivity contribution in [2.24, 2.45) is 0 Å². The first-order valence-corrected chi connectivity index (χ1v) is 7.40. The van der Waals surface area contributed by atoms with Gasteiger partial charge in [-0.2, -0.15) is 0 Å². The predicted molar refractivity (Wildman–Crippen MR) is 74.9 cm³/mol. The van der Waals surface area contributed by atoms with Crippen molar-refractivity contribution in [1.82, 2.24) is 5.32 Å². The van der Waals surface area contributed by atoms with E-state index < -0.39 is 0 Å². The van der Waals surface area contributed by atoms with Gasteiger partial charge >= 0.3 is 5.97 Å². The van der Waals surface area contributed by atoms with E-state index in [1.54, 1.807) is 0 Å². The maximum absolute atomic E-state index is 11.8. The Morgan fingerprint density at radius 3 is 2.53 bits per heavy atom. The van der Waals surface area contributed by atoms with Crippen molar-refractivity contribution >= 4 is 5.97 Å². The van der Waals surface area contributed by atoms with Crippen molar-refractivity contribution in [2.75, 3.05) is 53.0 Å². The Kier molecular flexibility index (Phi) is 7.34. The summed E-state index contributed by atoms with van der Waals surface area (Å²) in [6, 6.07) is 0.530.